The summed E-state index contributed by atoms with van der Waals surface area (Å²) >= 11 is 5.85. The Labute approximate surface area is 198 Å². The highest BCUT2D eigenvalue weighted by molar-refractivity contribution is 6.18. The molecule has 11 heteroatoms. The number of nitrogens with one attached hydrogen (secondary N) is 1. The summed E-state index contributed by atoms with van der Waals surface area (Å²) in [6, 6.07) is 7.94. The molecule has 5 N–H and O–H groups in total. The van der Waals surface area contributed by atoms with E-state index in [2.05, 4.69) is 15.3 Å². The number of nitrogens with zero attached hydrogens (tertiary/aromatic N) is 2. The van der Waals surface area contributed by atoms with Crippen LogP contribution in [0.4, 0.5) is 20.2 Å². The number of nitrogen functional groups attached to an aromatic ring is 1. The van der Waals surface area contributed by atoms with Crippen molar-refractivity contribution in [3.63, 3.8) is 0 Å². The van der Waals surface area contributed by atoms with E-state index in [0.717, 1.165) is 12.1 Å². The molecule has 2 aromatic heterocycles. The fraction of sp³-hybridized carbons (Fsp3) is 0.261. The Bertz CT molecular complexity index is 1220. The number of hydrogen-bond donors (Lipinski definition) is 4. The van der Waals surface area contributed by atoms with Gasteiger partial charge in [0.2, 0.25) is 0 Å². The van der Waals surface area contributed by atoms with E-state index in [1.54, 1.807) is 6.07 Å². The summed E-state index contributed by atoms with van der Waals surface area (Å²) in [5.74, 6) is -2.41. The molecule has 1 saturated heterocycles. The zero-order valence-corrected chi connectivity index (χ0v) is 18.4. The zero-order valence-electron chi connectivity index (χ0n) is 17.7. The maximum Gasteiger partial charge on any atom is 0.276 e. The average Bonchev–Trinajstić information content (AvgIpc) is 2.82. The minimum atomic E-state index is -1.14. The number of aliphatic hydroxyl groups is 2. The highest BCUT2D eigenvalue weighted by Gasteiger charge is 2.37. The van der Waals surface area contributed by atoms with E-state index in [4.69, 9.17) is 22.1 Å². The first kappa shape index (κ1) is 24.0. The first-order valence-electron chi connectivity index (χ1n) is 10.3. The predicted octanol–water partition coefficient (Wildman–Crippen LogP) is 3.05. The van der Waals surface area contributed by atoms with Crippen LogP contribution in [-0.2, 0) is 4.74 Å². The second-order valence-corrected chi connectivity index (χ2v) is 8.07. The minimum absolute atomic E-state index is 0.0453. The molecule has 1 amide bonds. The van der Waals surface area contributed by atoms with Gasteiger partial charge >= 0.3 is 0 Å². The molecule has 1 fully saturated rings. The van der Waals surface area contributed by atoms with E-state index >= 15 is 0 Å². The second kappa shape index (κ2) is 9.98. The molecule has 4 unspecified atom stereocenters. The summed E-state index contributed by atoms with van der Waals surface area (Å²) in [4.78, 5) is 21.0. The molecular weight excluding hydrogens is 470 g/mol. The fourth-order valence-electron chi connectivity index (χ4n) is 3.78. The van der Waals surface area contributed by atoms with Crippen LogP contribution in [0.5, 0.6) is 0 Å². The maximum atomic E-state index is 14.5. The normalized spacial score (nSPS) is 22.4. The van der Waals surface area contributed by atoms with Gasteiger partial charge in [-0.2, -0.15) is 0 Å². The molecule has 0 radical (unpaired) electrons. The van der Waals surface area contributed by atoms with Crippen LogP contribution < -0.4 is 11.1 Å². The van der Waals surface area contributed by atoms with Crippen molar-refractivity contribution in [3.05, 3.63) is 71.7 Å². The fourth-order valence-corrected chi connectivity index (χ4v) is 4.04. The molecule has 4 atom stereocenters. The molecule has 0 spiro atoms. The number of hydrogen-bond acceptors (Lipinski definition) is 7. The number of halogens is 3. The highest BCUT2D eigenvalue weighted by Crippen LogP contribution is 2.36. The van der Waals surface area contributed by atoms with Gasteiger partial charge in [-0.1, -0.05) is 12.1 Å². The van der Waals surface area contributed by atoms with Crippen LogP contribution in [0, 0.1) is 11.6 Å². The molecule has 1 aliphatic rings. The van der Waals surface area contributed by atoms with Gasteiger partial charge < -0.3 is 26.0 Å². The van der Waals surface area contributed by atoms with Crippen LogP contribution in [0.1, 0.15) is 28.6 Å². The number of anilines is 2. The van der Waals surface area contributed by atoms with E-state index in [0.29, 0.717) is 5.56 Å². The Balaban J connectivity index is 1.65. The molecule has 0 aliphatic carbocycles. The Kier molecular flexibility index (Phi) is 7.03. The molecule has 3 aromatic rings. The third-order valence-corrected chi connectivity index (χ3v) is 5.83. The van der Waals surface area contributed by atoms with E-state index in [1.807, 2.05) is 0 Å². The van der Waals surface area contributed by atoms with Crippen molar-refractivity contribution in [2.45, 2.75) is 30.8 Å². The van der Waals surface area contributed by atoms with Crippen LogP contribution in [-0.4, -0.2) is 50.3 Å². The molecule has 1 aliphatic heterocycles. The third kappa shape index (κ3) is 4.71. The summed E-state index contributed by atoms with van der Waals surface area (Å²) in [5, 5.41) is 22.9. The van der Waals surface area contributed by atoms with Crippen molar-refractivity contribution in [1.29, 1.82) is 0 Å². The Hall–Kier alpha value is -3.18. The lowest BCUT2D eigenvalue weighted by Gasteiger charge is -2.37. The quantitative estimate of drug-likeness (QED) is 0.404. The molecule has 0 bridgehead atoms. The van der Waals surface area contributed by atoms with E-state index < -0.39 is 42.0 Å². The topological polar surface area (TPSA) is 131 Å². The van der Waals surface area contributed by atoms with Crippen molar-refractivity contribution in [3.8, 4) is 11.3 Å². The van der Waals surface area contributed by atoms with Gasteiger partial charge in [0, 0.05) is 29.8 Å². The zero-order chi connectivity index (χ0) is 24.4. The summed E-state index contributed by atoms with van der Waals surface area (Å²) in [7, 11) is 0. The molecule has 4 rings (SSSR count). The van der Waals surface area contributed by atoms with Crippen LogP contribution in [0.3, 0.4) is 0 Å². The van der Waals surface area contributed by atoms with Gasteiger partial charge in [0.15, 0.2) is 11.5 Å². The summed E-state index contributed by atoms with van der Waals surface area (Å²) < 4.78 is 34.5. The monoisotopic (exact) mass is 490 g/mol. The number of carbonyl (C=O) groups excluding carboxylic acids is 1. The Morgan fingerprint density at radius 3 is 2.74 bits per heavy atom. The van der Waals surface area contributed by atoms with Gasteiger partial charge in [-0.05, 0) is 18.2 Å². The van der Waals surface area contributed by atoms with E-state index in [9.17, 15) is 23.8 Å². The van der Waals surface area contributed by atoms with Gasteiger partial charge in [-0.3, -0.25) is 9.78 Å². The predicted molar refractivity (Wildman–Crippen MR) is 121 cm³/mol. The molecule has 8 nitrogen and oxygen atoms in total. The minimum Gasteiger partial charge on any atom is -0.397 e. The number of benzene rings is 1. The van der Waals surface area contributed by atoms with Gasteiger partial charge in [0.05, 0.1) is 35.7 Å². The number of amides is 1. The molecule has 178 valence electrons. The van der Waals surface area contributed by atoms with Crippen molar-refractivity contribution < 1.29 is 28.5 Å². The number of alkyl halides is 1. The van der Waals surface area contributed by atoms with Crippen LogP contribution in [0.25, 0.3) is 11.3 Å². The number of pyridine rings is 2. The standard InChI is InChI=1S/C23H21ClF2N4O4/c24-9-19-22(32)17(31)8-18(34-19)12-5-6-28-10-16(12)29-23(33)21-15(27)7-14(26)20(30-21)11-3-1-2-4-13(11)25/h1-7,10,17-19,22,31-32H,8-9,27H2,(H,29,33). The molecule has 0 saturated carbocycles. The van der Waals surface area contributed by atoms with Gasteiger partial charge in [-0.25, -0.2) is 13.8 Å². The number of carbonyl (C=O) groups is 1. The Morgan fingerprint density at radius 2 is 2.00 bits per heavy atom. The third-order valence-electron chi connectivity index (χ3n) is 5.52. The molecule has 3 heterocycles. The van der Waals surface area contributed by atoms with Crippen molar-refractivity contribution >= 4 is 28.9 Å². The van der Waals surface area contributed by atoms with Crippen LogP contribution in [0.2, 0.25) is 0 Å². The number of ether oxygens (including phenoxy) is 1. The second-order valence-electron chi connectivity index (χ2n) is 7.76. The number of aliphatic hydroxyl groups excluding tert-OH is 2. The maximum absolute atomic E-state index is 14.5. The van der Waals surface area contributed by atoms with E-state index in [1.165, 1.54) is 30.6 Å². The SMILES string of the molecule is Nc1cc(F)c(-c2ccccc2F)nc1C(=O)Nc1cnccc1C1CC(O)C(O)C(CCl)O1. The van der Waals surface area contributed by atoms with Crippen molar-refractivity contribution in [2.24, 2.45) is 0 Å². The lowest BCUT2D eigenvalue weighted by molar-refractivity contribution is -0.162. The molecule has 34 heavy (non-hydrogen) atoms. The van der Waals surface area contributed by atoms with Crippen molar-refractivity contribution in [1.82, 2.24) is 9.97 Å². The smallest absolute Gasteiger partial charge is 0.276 e. The van der Waals surface area contributed by atoms with Gasteiger partial charge in [0.25, 0.3) is 5.91 Å². The van der Waals surface area contributed by atoms with Gasteiger partial charge in [-0.15, -0.1) is 11.6 Å². The summed E-state index contributed by atoms with van der Waals surface area (Å²) in [5.41, 5.74) is 5.51. The highest BCUT2D eigenvalue weighted by atomic mass is 35.5. The van der Waals surface area contributed by atoms with Gasteiger partial charge in [0.1, 0.15) is 23.7 Å². The van der Waals surface area contributed by atoms with Crippen LogP contribution in [0.15, 0.2) is 48.8 Å². The summed E-state index contributed by atoms with van der Waals surface area (Å²) in [6.07, 6.45) is -0.859. The number of rotatable bonds is 5. The first-order valence-corrected chi connectivity index (χ1v) is 10.9. The van der Waals surface area contributed by atoms with E-state index in [-0.39, 0.29) is 40.6 Å². The number of nitrogens with two attached hydrogens (primary N) is 1. The summed E-state index contributed by atoms with van der Waals surface area (Å²) in [6.45, 7) is 0. The van der Waals surface area contributed by atoms with Crippen LogP contribution >= 0.6 is 11.6 Å². The Morgan fingerprint density at radius 1 is 1.24 bits per heavy atom. The number of aromatic nitrogens is 2. The lowest BCUT2D eigenvalue weighted by atomic mass is 9.94. The van der Waals surface area contributed by atoms with Crippen molar-refractivity contribution in [2.75, 3.05) is 16.9 Å². The molecule has 1 aromatic carbocycles. The lowest BCUT2D eigenvalue weighted by Crippen LogP contribution is -2.46. The average molecular weight is 491 g/mol. The largest absolute Gasteiger partial charge is 0.397 e. The molecular formula is C23H21ClF2N4O4. The first-order chi connectivity index (χ1) is 16.3.